The summed E-state index contributed by atoms with van der Waals surface area (Å²) in [6.07, 6.45) is 1.63. The van der Waals surface area contributed by atoms with Gasteiger partial charge in [0.2, 0.25) is 0 Å². The number of H-pyrrole nitrogens is 1. The molecular formula is C18H23BrN2O4. The summed E-state index contributed by atoms with van der Waals surface area (Å²) < 4.78 is 11.1. The Kier molecular flexibility index (Phi) is 5.98. The van der Waals surface area contributed by atoms with Crippen LogP contribution in [0.4, 0.5) is 4.79 Å². The van der Waals surface area contributed by atoms with Crippen molar-refractivity contribution in [2.45, 2.75) is 32.0 Å². The monoisotopic (exact) mass is 410 g/mol. The largest absolute Gasteiger partial charge is 0.508 e. The summed E-state index contributed by atoms with van der Waals surface area (Å²) in [5.74, 6) is 0. The average Bonchev–Trinajstić information content (AvgIpc) is 2.98. The zero-order valence-corrected chi connectivity index (χ0v) is 15.8. The molecule has 0 radical (unpaired) electrons. The van der Waals surface area contributed by atoms with E-state index >= 15 is 0 Å². The van der Waals surface area contributed by atoms with E-state index in [9.17, 15) is 9.90 Å². The van der Waals surface area contributed by atoms with Crippen molar-refractivity contribution < 1.29 is 19.4 Å². The van der Waals surface area contributed by atoms with E-state index in [4.69, 9.17) is 9.47 Å². The molecule has 1 aromatic carbocycles. The summed E-state index contributed by atoms with van der Waals surface area (Å²) in [5, 5.41) is 11.3. The number of aromatic amines is 1. The van der Waals surface area contributed by atoms with E-state index in [1.54, 1.807) is 6.92 Å². The second-order valence-corrected chi connectivity index (χ2v) is 7.17. The number of rotatable bonds is 5. The van der Waals surface area contributed by atoms with Gasteiger partial charge in [-0.15, -0.1) is 0 Å². The Balaban J connectivity index is 1.59. The van der Waals surface area contributed by atoms with Crippen LogP contribution in [0.2, 0.25) is 0 Å². The number of benzene rings is 1. The van der Waals surface area contributed by atoms with Crippen LogP contribution < -0.4 is 0 Å². The topological polar surface area (TPSA) is 74.8 Å². The maximum Gasteiger partial charge on any atom is 0.508 e. The predicted octanol–water partition coefficient (Wildman–Crippen LogP) is 3.08. The van der Waals surface area contributed by atoms with Gasteiger partial charge in [-0.3, -0.25) is 4.90 Å². The summed E-state index contributed by atoms with van der Waals surface area (Å²) in [7, 11) is 0. The predicted molar refractivity (Wildman–Crippen MR) is 98.7 cm³/mol. The molecule has 25 heavy (non-hydrogen) atoms. The molecule has 3 rings (SSSR count). The van der Waals surface area contributed by atoms with Crippen LogP contribution in [-0.4, -0.2) is 59.6 Å². The number of nitrogens with one attached hydrogen (secondary N) is 1. The van der Waals surface area contributed by atoms with E-state index in [-0.39, 0.29) is 6.61 Å². The zero-order valence-electron chi connectivity index (χ0n) is 14.2. The molecular weight excluding hydrogens is 388 g/mol. The number of ether oxygens (including phenoxy) is 2. The third-order valence-electron chi connectivity index (χ3n) is 4.55. The van der Waals surface area contributed by atoms with E-state index in [1.165, 1.54) is 10.9 Å². The molecule has 0 unspecified atom stereocenters. The van der Waals surface area contributed by atoms with Crippen LogP contribution in [-0.2, 0) is 15.9 Å². The Morgan fingerprint density at radius 1 is 1.48 bits per heavy atom. The first-order chi connectivity index (χ1) is 12.1. The minimum absolute atomic E-state index is 0.265. The number of likely N-dealkylation sites (tertiary alicyclic amines) is 1. The van der Waals surface area contributed by atoms with Gasteiger partial charge in [0.1, 0.15) is 6.10 Å². The van der Waals surface area contributed by atoms with Gasteiger partial charge in [0.25, 0.3) is 0 Å². The highest BCUT2D eigenvalue weighted by Crippen LogP contribution is 2.24. The van der Waals surface area contributed by atoms with Crippen molar-refractivity contribution in [1.29, 1.82) is 0 Å². The van der Waals surface area contributed by atoms with Gasteiger partial charge < -0.3 is 19.6 Å². The lowest BCUT2D eigenvalue weighted by Gasteiger charge is -2.35. The lowest BCUT2D eigenvalue weighted by Crippen LogP contribution is -2.49. The maximum atomic E-state index is 11.5. The van der Waals surface area contributed by atoms with Crippen LogP contribution in [0.1, 0.15) is 18.9 Å². The fourth-order valence-corrected chi connectivity index (χ4v) is 3.56. The highest BCUT2D eigenvalue weighted by molar-refractivity contribution is 9.10. The van der Waals surface area contributed by atoms with E-state index in [1.807, 2.05) is 12.3 Å². The highest BCUT2D eigenvalue weighted by atomic mass is 79.9. The van der Waals surface area contributed by atoms with Crippen LogP contribution in [0.5, 0.6) is 0 Å². The first kappa shape index (κ1) is 18.2. The first-order valence-corrected chi connectivity index (χ1v) is 9.35. The number of aromatic nitrogens is 1. The molecule has 2 heterocycles. The van der Waals surface area contributed by atoms with E-state index in [0.29, 0.717) is 13.0 Å². The molecule has 6 nitrogen and oxygen atoms in total. The van der Waals surface area contributed by atoms with Gasteiger partial charge in [-0.25, -0.2) is 4.79 Å². The summed E-state index contributed by atoms with van der Waals surface area (Å²) >= 11 is 3.52. The molecule has 136 valence electrons. The standard InChI is InChI=1S/C18H23BrN2O4/c1-2-24-18(23)25-17-11-21(8-6-16(17)22)7-5-12-10-20-15-4-3-13(19)9-14(12)15/h3-4,9-10,16-17,20,22H,2,5-8,11H2,1H3/t16-,17-/m0/s1. The SMILES string of the molecule is CCOC(=O)O[C@H]1CN(CCc2c[nH]c3ccc(Br)cc23)CC[C@@H]1O. The molecule has 0 spiro atoms. The second-order valence-electron chi connectivity index (χ2n) is 6.25. The molecule has 1 aromatic heterocycles. The molecule has 0 bridgehead atoms. The number of nitrogens with zero attached hydrogens (tertiary/aromatic N) is 1. The van der Waals surface area contributed by atoms with Gasteiger partial charge in [-0.2, -0.15) is 0 Å². The van der Waals surface area contributed by atoms with Crippen LogP contribution in [0.3, 0.4) is 0 Å². The second kappa shape index (κ2) is 8.21. The quantitative estimate of drug-likeness (QED) is 0.740. The molecule has 2 aromatic rings. The molecule has 7 heteroatoms. The Labute approximate surface area is 155 Å². The van der Waals surface area contributed by atoms with Gasteiger partial charge in [0.05, 0.1) is 12.7 Å². The number of carbonyl (C=O) groups excluding carboxylic acids is 1. The third kappa shape index (κ3) is 4.54. The maximum absolute atomic E-state index is 11.5. The van der Waals surface area contributed by atoms with Gasteiger partial charge in [0.15, 0.2) is 0 Å². The summed E-state index contributed by atoms with van der Waals surface area (Å²) in [6.45, 7) is 4.14. The van der Waals surface area contributed by atoms with Crippen molar-refractivity contribution in [2.24, 2.45) is 0 Å². The zero-order chi connectivity index (χ0) is 17.8. The van der Waals surface area contributed by atoms with Gasteiger partial charge >= 0.3 is 6.16 Å². The first-order valence-electron chi connectivity index (χ1n) is 8.56. The molecule has 0 aliphatic carbocycles. The van der Waals surface area contributed by atoms with Crippen LogP contribution in [0.15, 0.2) is 28.9 Å². The Hall–Kier alpha value is -1.57. The Morgan fingerprint density at radius 3 is 3.12 bits per heavy atom. The van der Waals surface area contributed by atoms with Crippen LogP contribution in [0.25, 0.3) is 10.9 Å². The van der Waals surface area contributed by atoms with Crippen molar-refractivity contribution in [3.05, 3.63) is 34.4 Å². The van der Waals surface area contributed by atoms with E-state index in [0.717, 1.165) is 29.5 Å². The summed E-state index contributed by atoms with van der Waals surface area (Å²) in [5.41, 5.74) is 2.38. The number of hydrogen-bond acceptors (Lipinski definition) is 5. The van der Waals surface area contributed by atoms with E-state index in [2.05, 4.69) is 37.9 Å². The number of aliphatic hydroxyl groups is 1. The van der Waals surface area contributed by atoms with Gasteiger partial charge in [-0.1, -0.05) is 15.9 Å². The molecule has 2 N–H and O–H groups in total. The average molecular weight is 411 g/mol. The molecule has 1 saturated heterocycles. The molecule has 1 aliphatic heterocycles. The Bertz CT molecular complexity index is 733. The van der Waals surface area contributed by atoms with Crippen LogP contribution in [0, 0.1) is 0 Å². The number of piperidine rings is 1. The van der Waals surface area contributed by atoms with Crippen molar-refractivity contribution in [2.75, 3.05) is 26.2 Å². The number of aliphatic hydroxyl groups excluding tert-OH is 1. The fourth-order valence-electron chi connectivity index (χ4n) is 3.20. The smallest absolute Gasteiger partial charge is 0.435 e. The van der Waals surface area contributed by atoms with E-state index < -0.39 is 18.4 Å². The van der Waals surface area contributed by atoms with Crippen LogP contribution >= 0.6 is 15.9 Å². The van der Waals surface area contributed by atoms with Gasteiger partial charge in [-0.05, 0) is 43.5 Å². The molecule has 0 amide bonds. The summed E-state index contributed by atoms with van der Waals surface area (Å²) in [4.78, 5) is 17.0. The molecule has 0 saturated carbocycles. The number of halogens is 1. The molecule has 1 fully saturated rings. The van der Waals surface area contributed by atoms with Crippen molar-refractivity contribution in [3.63, 3.8) is 0 Å². The van der Waals surface area contributed by atoms with Crippen molar-refractivity contribution in [3.8, 4) is 0 Å². The minimum atomic E-state index is -0.713. The lowest BCUT2D eigenvalue weighted by molar-refractivity contribution is -0.0670. The lowest BCUT2D eigenvalue weighted by atomic mass is 10.0. The third-order valence-corrected chi connectivity index (χ3v) is 5.04. The molecule has 1 aliphatic rings. The fraction of sp³-hybridized carbons (Fsp3) is 0.500. The number of carbonyl (C=O) groups is 1. The van der Waals surface area contributed by atoms with Crippen molar-refractivity contribution >= 4 is 33.0 Å². The van der Waals surface area contributed by atoms with Gasteiger partial charge in [0, 0.05) is 41.2 Å². The minimum Gasteiger partial charge on any atom is -0.435 e. The highest BCUT2D eigenvalue weighted by Gasteiger charge is 2.31. The van der Waals surface area contributed by atoms with Crippen molar-refractivity contribution in [1.82, 2.24) is 9.88 Å². The normalized spacial score (nSPS) is 21.4. The number of fused-ring (bicyclic) bond motifs is 1. The Morgan fingerprint density at radius 2 is 2.32 bits per heavy atom. The molecule has 2 atom stereocenters. The summed E-state index contributed by atoms with van der Waals surface area (Å²) in [6, 6.07) is 6.20. The number of hydrogen-bond donors (Lipinski definition) is 2.